The highest BCUT2D eigenvalue weighted by atomic mass is 16.6. The summed E-state index contributed by atoms with van der Waals surface area (Å²) in [7, 11) is 0. The Morgan fingerprint density at radius 2 is 0.538 bits per heavy atom. The minimum atomic E-state index is -0.210. The maximum atomic E-state index is 13.2. The molecule has 3 nitrogen and oxygen atoms in total. The van der Waals surface area contributed by atoms with E-state index in [9.17, 15) is 10.1 Å². The summed E-state index contributed by atoms with van der Waals surface area (Å²) in [5.41, 5.74) is 8.45. The van der Waals surface area contributed by atoms with Crippen molar-refractivity contribution in [2.75, 3.05) is 0 Å². The Morgan fingerprint density at radius 3 is 0.769 bits per heavy atom. The van der Waals surface area contributed by atoms with Gasteiger partial charge in [0.25, 0.3) is 5.69 Å². The highest BCUT2D eigenvalue weighted by Gasteiger charge is 2.33. The van der Waals surface area contributed by atoms with Crippen LogP contribution in [-0.4, -0.2) is 4.92 Å². The summed E-state index contributed by atoms with van der Waals surface area (Å²) in [6.45, 7) is 0. The molecular weight excluding hydrogens is 478 g/mol. The van der Waals surface area contributed by atoms with E-state index in [2.05, 4.69) is 12.1 Å². The highest BCUT2D eigenvalue weighted by molar-refractivity contribution is 6.12. The molecule has 0 unspecified atom stereocenters. The second-order valence-electron chi connectivity index (χ2n) is 9.31. The molecule has 0 saturated heterocycles. The molecule has 6 aromatic rings. The van der Waals surface area contributed by atoms with Crippen molar-refractivity contribution in [3.63, 3.8) is 0 Å². The SMILES string of the molecule is O=[N+]([O-])c1c(-c2ccccc2)c(-c2ccccc2)c(-c2ccccc2)c(-c2ccccc2)c1-c1ccccc1. The third-order valence-electron chi connectivity index (χ3n) is 6.97. The van der Waals surface area contributed by atoms with E-state index in [1.807, 2.05) is 140 Å². The molecule has 0 aliphatic carbocycles. The third-order valence-corrected chi connectivity index (χ3v) is 6.97. The lowest BCUT2D eigenvalue weighted by Gasteiger charge is -2.24. The van der Waals surface area contributed by atoms with E-state index in [1.165, 1.54) is 0 Å². The number of benzene rings is 6. The average molecular weight is 504 g/mol. The van der Waals surface area contributed by atoms with Crippen molar-refractivity contribution in [3.05, 3.63) is 162 Å². The van der Waals surface area contributed by atoms with E-state index in [0.29, 0.717) is 11.1 Å². The van der Waals surface area contributed by atoms with Crippen LogP contribution in [0.2, 0.25) is 0 Å². The van der Waals surface area contributed by atoms with Gasteiger partial charge in [-0.05, 0) is 33.4 Å². The van der Waals surface area contributed by atoms with Crippen molar-refractivity contribution in [3.8, 4) is 55.6 Å². The summed E-state index contributed by atoms with van der Waals surface area (Å²) in [4.78, 5) is 13.0. The Labute approximate surface area is 227 Å². The smallest absolute Gasteiger partial charge is 0.258 e. The molecule has 186 valence electrons. The lowest BCUT2D eigenvalue weighted by Crippen LogP contribution is -2.04. The Bertz CT molecular complexity index is 1630. The molecule has 0 aliphatic heterocycles. The predicted molar refractivity (Wildman–Crippen MR) is 160 cm³/mol. The van der Waals surface area contributed by atoms with Crippen LogP contribution in [0.1, 0.15) is 0 Å². The number of nitro groups is 1. The summed E-state index contributed by atoms with van der Waals surface area (Å²) in [5, 5.41) is 13.2. The fraction of sp³-hybridized carbons (Fsp3) is 0. The molecule has 0 aromatic heterocycles. The van der Waals surface area contributed by atoms with Gasteiger partial charge in [0.1, 0.15) is 0 Å². The Hall–Kier alpha value is -5.28. The van der Waals surface area contributed by atoms with Gasteiger partial charge in [-0.25, -0.2) is 0 Å². The van der Waals surface area contributed by atoms with Crippen LogP contribution in [0.3, 0.4) is 0 Å². The molecule has 0 saturated carbocycles. The van der Waals surface area contributed by atoms with E-state index in [0.717, 1.165) is 44.5 Å². The fourth-order valence-electron chi connectivity index (χ4n) is 5.37. The normalized spacial score (nSPS) is 10.8. The third kappa shape index (κ3) is 4.51. The van der Waals surface area contributed by atoms with E-state index < -0.39 is 0 Å². The summed E-state index contributed by atoms with van der Waals surface area (Å²) in [5.74, 6) is 0. The van der Waals surface area contributed by atoms with Crippen LogP contribution in [-0.2, 0) is 0 Å². The number of hydrogen-bond acceptors (Lipinski definition) is 2. The van der Waals surface area contributed by atoms with Gasteiger partial charge in [-0.1, -0.05) is 152 Å². The minimum absolute atomic E-state index is 0.102. The van der Waals surface area contributed by atoms with Crippen LogP contribution < -0.4 is 0 Å². The van der Waals surface area contributed by atoms with Gasteiger partial charge >= 0.3 is 0 Å². The van der Waals surface area contributed by atoms with Gasteiger partial charge in [0.15, 0.2) is 0 Å². The summed E-state index contributed by atoms with van der Waals surface area (Å²) in [6, 6.07) is 49.7. The van der Waals surface area contributed by atoms with Gasteiger partial charge in [0.05, 0.1) is 16.1 Å². The predicted octanol–water partition coefficient (Wildman–Crippen LogP) is 9.93. The summed E-state index contributed by atoms with van der Waals surface area (Å²) < 4.78 is 0. The van der Waals surface area contributed by atoms with Gasteiger partial charge in [-0.2, -0.15) is 0 Å². The van der Waals surface area contributed by atoms with Crippen LogP contribution in [0.4, 0.5) is 5.69 Å². The molecule has 0 aliphatic rings. The number of nitro benzene ring substituents is 1. The van der Waals surface area contributed by atoms with Crippen molar-refractivity contribution < 1.29 is 4.92 Å². The maximum absolute atomic E-state index is 13.2. The number of hydrogen-bond donors (Lipinski definition) is 0. The van der Waals surface area contributed by atoms with Crippen molar-refractivity contribution in [1.82, 2.24) is 0 Å². The second kappa shape index (κ2) is 10.6. The topological polar surface area (TPSA) is 43.1 Å². The molecule has 6 aromatic carbocycles. The van der Waals surface area contributed by atoms with E-state index in [-0.39, 0.29) is 10.6 Å². The molecule has 6 rings (SSSR count). The second-order valence-corrected chi connectivity index (χ2v) is 9.31. The molecule has 0 bridgehead atoms. The van der Waals surface area contributed by atoms with Gasteiger partial charge < -0.3 is 0 Å². The van der Waals surface area contributed by atoms with Crippen LogP contribution in [0.5, 0.6) is 0 Å². The number of nitrogens with zero attached hydrogens (tertiary/aromatic N) is 1. The monoisotopic (exact) mass is 503 g/mol. The zero-order valence-electron chi connectivity index (χ0n) is 21.2. The molecule has 3 heteroatoms. The Morgan fingerprint density at radius 1 is 0.333 bits per heavy atom. The molecule has 0 radical (unpaired) electrons. The van der Waals surface area contributed by atoms with Crippen molar-refractivity contribution in [1.29, 1.82) is 0 Å². The van der Waals surface area contributed by atoms with Crippen LogP contribution in [0, 0.1) is 10.1 Å². The van der Waals surface area contributed by atoms with Crippen LogP contribution in [0.15, 0.2) is 152 Å². The Kier molecular flexibility index (Phi) is 6.55. The van der Waals surface area contributed by atoms with E-state index in [1.54, 1.807) is 0 Å². The fourth-order valence-corrected chi connectivity index (χ4v) is 5.37. The zero-order chi connectivity index (χ0) is 26.6. The first-order valence-corrected chi connectivity index (χ1v) is 12.9. The maximum Gasteiger partial charge on any atom is 0.286 e. The first-order chi connectivity index (χ1) is 19.2. The molecule has 0 amide bonds. The first-order valence-electron chi connectivity index (χ1n) is 12.9. The molecule has 0 fully saturated rings. The zero-order valence-corrected chi connectivity index (χ0v) is 21.2. The van der Waals surface area contributed by atoms with Gasteiger partial charge in [0, 0.05) is 11.1 Å². The molecule has 0 heterocycles. The van der Waals surface area contributed by atoms with E-state index in [4.69, 9.17) is 0 Å². The highest BCUT2D eigenvalue weighted by Crippen LogP contribution is 2.55. The molecular formula is C36H25NO2. The molecule has 39 heavy (non-hydrogen) atoms. The first kappa shape index (κ1) is 24.1. The standard InChI is InChI=1S/C36H25NO2/c38-37(39)36-34(29-22-12-4-13-23-29)32(27-18-8-2-9-19-27)31(26-16-6-1-7-17-26)33(28-20-10-3-11-21-28)35(36)30-24-14-5-15-25-30/h1-25H. The van der Waals surface area contributed by atoms with Crippen molar-refractivity contribution in [2.24, 2.45) is 0 Å². The lowest BCUT2D eigenvalue weighted by molar-refractivity contribution is -0.383. The largest absolute Gasteiger partial charge is 0.286 e. The van der Waals surface area contributed by atoms with Crippen molar-refractivity contribution in [2.45, 2.75) is 0 Å². The van der Waals surface area contributed by atoms with Gasteiger partial charge in [-0.3, -0.25) is 10.1 Å². The van der Waals surface area contributed by atoms with Gasteiger partial charge in [-0.15, -0.1) is 0 Å². The minimum Gasteiger partial charge on any atom is -0.258 e. The Balaban J connectivity index is 1.95. The summed E-state index contributed by atoms with van der Waals surface area (Å²) in [6.07, 6.45) is 0. The lowest BCUT2D eigenvalue weighted by atomic mass is 9.77. The van der Waals surface area contributed by atoms with Gasteiger partial charge in [0.2, 0.25) is 0 Å². The molecule has 0 N–H and O–H groups in total. The summed E-state index contributed by atoms with van der Waals surface area (Å²) >= 11 is 0. The molecule has 0 atom stereocenters. The van der Waals surface area contributed by atoms with Crippen LogP contribution >= 0.6 is 0 Å². The van der Waals surface area contributed by atoms with Crippen LogP contribution in [0.25, 0.3) is 55.6 Å². The quantitative estimate of drug-likeness (QED) is 0.168. The van der Waals surface area contributed by atoms with E-state index >= 15 is 0 Å². The van der Waals surface area contributed by atoms with Crippen molar-refractivity contribution >= 4 is 5.69 Å². The molecule has 0 spiro atoms. The number of rotatable bonds is 6. The average Bonchev–Trinajstić information content (AvgIpc) is 3.01.